The SMILES string of the molecule is CC1=C(C)C(O)(CC(=O)[O-])C(C)=C(C)C1=O. The Morgan fingerprint density at radius 3 is 1.88 bits per heavy atom. The summed E-state index contributed by atoms with van der Waals surface area (Å²) in [5, 5.41) is 21.0. The highest BCUT2D eigenvalue weighted by molar-refractivity contribution is 6.10. The summed E-state index contributed by atoms with van der Waals surface area (Å²) >= 11 is 0. The number of carbonyl (C=O) groups excluding carboxylic acids is 2. The molecule has 0 fully saturated rings. The highest BCUT2D eigenvalue weighted by atomic mass is 16.4. The summed E-state index contributed by atoms with van der Waals surface area (Å²) in [5.74, 6) is -1.48. The van der Waals surface area contributed by atoms with Gasteiger partial charge < -0.3 is 15.0 Å². The van der Waals surface area contributed by atoms with Gasteiger partial charge in [0, 0.05) is 12.4 Å². The molecule has 0 aliphatic heterocycles. The average Bonchev–Trinajstić information content (AvgIpc) is 2.21. The lowest BCUT2D eigenvalue weighted by Gasteiger charge is -2.36. The van der Waals surface area contributed by atoms with E-state index in [1.54, 1.807) is 27.7 Å². The Hall–Kier alpha value is -1.42. The summed E-state index contributed by atoms with van der Waals surface area (Å²) in [6, 6.07) is 0. The van der Waals surface area contributed by atoms with Crippen molar-refractivity contribution in [3.05, 3.63) is 22.3 Å². The summed E-state index contributed by atoms with van der Waals surface area (Å²) in [6.07, 6.45) is -0.521. The lowest BCUT2D eigenvalue weighted by molar-refractivity contribution is -0.308. The zero-order valence-electron chi connectivity index (χ0n) is 9.88. The Bertz CT molecular complexity index is 398. The second-order valence-electron chi connectivity index (χ2n) is 4.24. The molecule has 0 radical (unpaired) electrons. The standard InChI is InChI=1S/C12H16O4/c1-6-8(3)12(16,5-10(13)14)9(4)7(2)11(6)15/h16H,5H2,1-4H3,(H,13,14)/p-1. The van der Waals surface area contributed by atoms with Gasteiger partial charge in [0.1, 0.15) is 5.60 Å². The second-order valence-corrected chi connectivity index (χ2v) is 4.24. The topological polar surface area (TPSA) is 77.4 Å². The Morgan fingerprint density at radius 1 is 1.19 bits per heavy atom. The minimum absolute atomic E-state index is 0.141. The Kier molecular flexibility index (Phi) is 3.06. The first-order valence-corrected chi connectivity index (χ1v) is 5.04. The largest absolute Gasteiger partial charge is 0.550 e. The van der Waals surface area contributed by atoms with Crippen molar-refractivity contribution in [3.63, 3.8) is 0 Å². The Morgan fingerprint density at radius 2 is 1.56 bits per heavy atom. The summed E-state index contributed by atoms with van der Waals surface area (Å²) in [5.41, 5.74) is 0.0225. The molecule has 0 aromatic heterocycles. The number of rotatable bonds is 2. The number of allylic oxidation sites excluding steroid dienone is 2. The van der Waals surface area contributed by atoms with Crippen molar-refractivity contribution in [1.29, 1.82) is 0 Å². The first kappa shape index (κ1) is 12.6. The van der Waals surface area contributed by atoms with Crippen LogP contribution in [0.4, 0.5) is 0 Å². The molecule has 0 spiro atoms. The molecule has 1 aliphatic carbocycles. The molecule has 0 saturated carbocycles. The molecule has 4 heteroatoms. The fourth-order valence-electron chi connectivity index (χ4n) is 2.00. The third kappa shape index (κ3) is 1.69. The number of hydrogen-bond donors (Lipinski definition) is 1. The van der Waals surface area contributed by atoms with Crippen molar-refractivity contribution < 1.29 is 19.8 Å². The van der Waals surface area contributed by atoms with Gasteiger partial charge in [0.2, 0.25) is 0 Å². The Balaban J connectivity index is 3.37. The third-order valence-electron chi connectivity index (χ3n) is 3.45. The molecular formula is C12H15O4-. The third-order valence-corrected chi connectivity index (χ3v) is 3.45. The predicted octanol–water partition coefficient (Wildman–Crippen LogP) is 0.113. The van der Waals surface area contributed by atoms with Crippen LogP contribution < -0.4 is 5.11 Å². The zero-order valence-corrected chi connectivity index (χ0v) is 9.88. The molecule has 4 nitrogen and oxygen atoms in total. The van der Waals surface area contributed by atoms with Gasteiger partial charge in [0.25, 0.3) is 0 Å². The summed E-state index contributed by atoms with van der Waals surface area (Å²) in [4.78, 5) is 22.4. The monoisotopic (exact) mass is 223 g/mol. The van der Waals surface area contributed by atoms with Crippen LogP contribution in [0.5, 0.6) is 0 Å². The Labute approximate surface area is 94.3 Å². The van der Waals surface area contributed by atoms with E-state index in [2.05, 4.69) is 0 Å². The maximum absolute atomic E-state index is 11.7. The van der Waals surface area contributed by atoms with Crippen molar-refractivity contribution in [2.24, 2.45) is 0 Å². The summed E-state index contributed by atoms with van der Waals surface area (Å²) in [6.45, 7) is 6.33. The quantitative estimate of drug-likeness (QED) is 0.721. The van der Waals surface area contributed by atoms with Gasteiger partial charge in [-0.2, -0.15) is 0 Å². The van der Waals surface area contributed by atoms with Crippen LogP contribution in [0.3, 0.4) is 0 Å². The van der Waals surface area contributed by atoms with Gasteiger partial charge in [0.05, 0.1) is 0 Å². The van der Waals surface area contributed by atoms with E-state index in [1.165, 1.54) is 0 Å². The molecule has 0 unspecified atom stereocenters. The minimum Gasteiger partial charge on any atom is -0.550 e. The maximum atomic E-state index is 11.7. The van der Waals surface area contributed by atoms with Crippen LogP contribution in [-0.4, -0.2) is 22.5 Å². The molecule has 88 valence electrons. The molecule has 0 atom stereocenters. The summed E-state index contributed by atoms with van der Waals surface area (Å²) < 4.78 is 0. The number of aliphatic carboxylic acids is 1. The first-order valence-electron chi connectivity index (χ1n) is 5.04. The van der Waals surface area contributed by atoms with Gasteiger partial charge in [-0.05, 0) is 50.0 Å². The summed E-state index contributed by atoms with van der Waals surface area (Å²) in [7, 11) is 0. The highest BCUT2D eigenvalue weighted by Crippen LogP contribution is 2.37. The molecule has 1 aliphatic rings. The van der Waals surface area contributed by atoms with Crippen molar-refractivity contribution in [1.82, 2.24) is 0 Å². The van der Waals surface area contributed by atoms with Gasteiger partial charge in [-0.3, -0.25) is 4.79 Å². The number of ketones is 1. The average molecular weight is 223 g/mol. The number of carboxylic acid groups (broad SMARTS) is 1. The lowest BCUT2D eigenvalue weighted by Crippen LogP contribution is -2.43. The van der Waals surface area contributed by atoms with E-state index in [0.717, 1.165) is 0 Å². The smallest absolute Gasteiger partial charge is 0.184 e. The van der Waals surface area contributed by atoms with Gasteiger partial charge in [-0.25, -0.2) is 0 Å². The molecule has 0 aromatic rings. The van der Waals surface area contributed by atoms with E-state index in [4.69, 9.17) is 0 Å². The van der Waals surface area contributed by atoms with E-state index < -0.39 is 18.0 Å². The van der Waals surface area contributed by atoms with E-state index in [-0.39, 0.29) is 5.78 Å². The maximum Gasteiger partial charge on any atom is 0.184 e. The molecular weight excluding hydrogens is 208 g/mol. The molecule has 0 bridgehead atoms. The molecule has 1 N–H and O–H groups in total. The molecule has 0 aromatic carbocycles. The number of carbonyl (C=O) groups is 2. The lowest BCUT2D eigenvalue weighted by atomic mass is 9.74. The van der Waals surface area contributed by atoms with E-state index in [9.17, 15) is 19.8 Å². The normalized spacial score (nSPS) is 20.4. The van der Waals surface area contributed by atoms with Crippen LogP contribution in [0.15, 0.2) is 22.3 Å². The number of hydrogen-bond acceptors (Lipinski definition) is 4. The number of aliphatic hydroxyl groups is 1. The van der Waals surface area contributed by atoms with E-state index >= 15 is 0 Å². The van der Waals surface area contributed by atoms with E-state index in [0.29, 0.717) is 22.3 Å². The molecule has 1 rings (SSSR count). The van der Waals surface area contributed by atoms with Crippen LogP contribution in [0, 0.1) is 0 Å². The second kappa shape index (κ2) is 3.87. The number of carboxylic acids is 1. The predicted molar refractivity (Wildman–Crippen MR) is 56.3 cm³/mol. The van der Waals surface area contributed by atoms with Gasteiger partial charge in [-0.1, -0.05) is 0 Å². The van der Waals surface area contributed by atoms with Crippen molar-refractivity contribution >= 4 is 11.8 Å². The van der Waals surface area contributed by atoms with Crippen LogP contribution in [0.1, 0.15) is 34.1 Å². The van der Waals surface area contributed by atoms with Crippen molar-refractivity contribution in [2.75, 3.05) is 0 Å². The molecule has 16 heavy (non-hydrogen) atoms. The first-order chi connectivity index (χ1) is 7.21. The zero-order chi connectivity index (χ0) is 12.7. The van der Waals surface area contributed by atoms with Crippen molar-refractivity contribution in [3.8, 4) is 0 Å². The highest BCUT2D eigenvalue weighted by Gasteiger charge is 2.39. The van der Waals surface area contributed by atoms with E-state index in [1.807, 2.05) is 0 Å². The van der Waals surface area contributed by atoms with Crippen molar-refractivity contribution in [2.45, 2.75) is 39.7 Å². The van der Waals surface area contributed by atoms with Gasteiger partial charge in [-0.15, -0.1) is 0 Å². The number of Topliss-reactive ketones (excluding diaryl/α,β-unsaturated/α-hetero) is 1. The fourth-order valence-corrected chi connectivity index (χ4v) is 2.00. The minimum atomic E-state index is -1.58. The van der Waals surface area contributed by atoms with Crippen LogP contribution in [0.25, 0.3) is 0 Å². The fraction of sp³-hybridized carbons (Fsp3) is 0.500. The van der Waals surface area contributed by atoms with Gasteiger partial charge >= 0.3 is 0 Å². The molecule has 0 heterocycles. The van der Waals surface area contributed by atoms with Crippen LogP contribution in [0.2, 0.25) is 0 Å². The van der Waals surface area contributed by atoms with Crippen LogP contribution in [-0.2, 0) is 9.59 Å². The molecule has 0 amide bonds. The molecule has 0 saturated heterocycles. The van der Waals surface area contributed by atoms with Crippen LogP contribution >= 0.6 is 0 Å². The van der Waals surface area contributed by atoms with Gasteiger partial charge in [0.15, 0.2) is 5.78 Å².